The van der Waals surface area contributed by atoms with Gasteiger partial charge in [-0.05, 0) is 36.3 Å². The lowest BCUT2D eigenvalue weighted by Crippen LogP contribution is -2.00. The van der Waals surface area contributed by atoms with Gasteiger partial charge in [0.05, 0.1) is 23.6 Å². The predicted molar refractivity (Wildman–Crippen MR) is 90.3 cm³/mol. The van der Waals surface area contributed by atoms with Crippen LogP contribution in [0.15, 0.2) is 24.7 Å². The monoisotopic (exact) mass is 321 g/mol. The average molecular weight is 321 g/mol. The molecule has 1 unspecified atom stereocenters. The number of benzene rings is 1. The summed E-state index contributed by atoms with van der Waals surface area (Å²) in [6.07, 6.45) is 8.43. The van der Waals surface area contributed by atoms with E-state index < -0.39 is 0 Å². The van der Waals surface area contributed by atoms with Crippen molar-refractivity contribution in [2.45, 2.75) is 32.1 Å². The van der Waals surface area contributed by atoms with E-state index in [9.17, 15) is 4.39 Å². The number of fused-ring (bicyclic) bond motifs is 5. The molecule has 4 aromatic rings. The maximum Gasteiger partial charge on any atom is 0.151 e. The molecule has 0 amide bonds. The molecular weight excluding hydrogens is 305 g/mol. The molecule has 5 rings (SSSR count). The van der Waals surface area contributed by atoms with Crippen LogP contribution >= 0.6 is 0 Å². The van der Waals surface area contributed by atoms with Crippen LogP contribution in [0.25, 0.3) is 33.1 Å². The van der Waals surface area contributed by atoms with Crippen molar-refractivity contribution in [2.24, 2.45) is 0 Å². The number of halogens is 1. The first-order chi connectivity index (χ1) is 11.8. The normalized spacial score (nSPS) is 17.0. The minimum Gasteiger partial charge on any atom is -0.285 e. The fraction of sp³-hybridized carbons (Fsp3) is 0.278. The highest BCUT2D eigenvalue weighted by molar-refractivity contribution is 6.08. The number of nitrogens with zero attached hydrogens (tertiary/aromatic N) is 3. The van der Waals surface area contributed by atoms with Gasteiger partial charge in [-0.1, -0.05) is 6.92 Å². The Balaban J connectivity index is 1.98. The first-order valence-electron chi connectivity index (χ1n) is 8.25. The van der Waals surface area contributed by atoms with Gasteiger partial charge in [0.2, 0.25) is 0 Å². The lowest BCUT2D eigenvalue weighted by Gasteiger charge is -2.15. The number of nitrogens with one attached hydrogen (secondary N) is 2. The summed E-state index contributed by atoms with van der Waals surface area (Å²) >= 11 is 0. The fourth-order valence-corrected chi connectivity index (χ4v) is 4.08. The molecule has 3 heterocycles. The summed E-state index contributed by atoms with van der Waals surface area (Å²) in [5, 5.41) is 15.7. The Bertz CT molecular complexity index is 1060. The van der Waals surface area contributed by atoms with Crippen LogP contribution in [0.4, 0.5) is 4.39 Å². The zero-order valence-electron chi connectivity index (χ0n) is 13.2. The molecule has 2 N–H and O–H groups in total. The number of aromatic nitrogens is 5. The van der Waals surface area contributed by atoms with Gasteiger partial charge in [-0.15, -0.1) is 0 Å². The van der Waals surface area contributed by atoms with Crippen molar-refractivity contribution in [2.75, 3.05) is 0 Å². The van der Waals surface area contributed by atoms with Crippen LogP contribution in [-0.4, -0.2) is 25.4 Å². The van der Waals surface area contributed by atoms with Crippen LogP contribution in [0.2, 0.25) is 0 Å². The zero-order valence-corrected chi connectivity index (χ0v) is 13.2. The van der Waals surface area contributed by atoms with Gasteiger partial charge in [0.15, 0.2) is 5.82 Å². The summed E-state index contributed by atoms with van der Waals surface area (Å²) in [7, 11) is 0. The molecule has 1 atom stereocenters. The number of aryl methyl sites for hydroxylation is 1. The van der Waals surface area contributed by atoms with E-state index >= 15 is 0 Å². The van der Waals surface area contributed by atoms with E-state index in [-0.39, 0.29) is 5.82 Å². The molecule has 0 saturated carbocycles. The molecule has 6 heteroatoms. The van der Waals surface area contributed by atoms with Gasteiger partial charge in [0.25, 0.3) is 0 Å². The molecule has 1 aliphatic rings. The molecule has 0 radical (unpaired) electrons. The number of H-pyrrole nitrogens is 2. The predicted octanol–water partition coefficient (Wildman–Crippen LogP) is 4.08. The van der Waals surface area contributed by atoms with Crippen LogP contribution in [0.5, 0.6) is 0 Å². The van der Waals surface area contributed by atoms with Crippen molar-refractivity contribution in [3.8, 4) is 11.3 Å². The van der Waals surface area contributed by atoms with E-state index in [0.717, 1.165) is 46.8 Å². The molecule has 120 valence electrons. The van der Waals surface area contributed by atoms with Crippen molar-refractivity contribution < 1.29 is 4.39 Å². The molecule has 0 fully saturated rings. The Morgan fingerprint density at radius 1 is 1.29 bits per heavy atom. The van der Waals surface area contributed by atoms with Gasteiger partial charge in [-0.2, -0.15) is 10.2 Å². The van der Waals surface area contributed by atoms with Gasteiger partial charge >= 0.3 is 0 Å². The molecular formula is C18H16FN5. The molecule has 3 aromatic heterocycles. The Kier molecular flexibility index (Phi) is 2.77. The second-order valence-corrected chi connectivity index (χ2v) is 6.40. The number of hydrogen-bond donors (Lipinski definition) is 2. The average Bonchev–Trinajstić information content (AvgIpc) is 3.33. The van der Waals surface area contributed by atoms with Gasteiger partial charge in [0, 0.05) is 28.6 Å². The van der Waals surface area contributed by atoms with E-state index in [4.69, 9.17) is 4.98 Å². The lowest BCUT2D eigenvalue weighted by atomic mass is 9.92. The smallest absolute Gasteiger partial charge is 0.151 e. The van der Waals surface area contributed by atoms with E-state index in [2.05, 4.69) is 27.3 Å². The SMILES string of the molecule is CCC1CCc2c1c(-c1cn[nH]c1)nc1c(F)cc3[nH]ncc3c21. The van der Waals surface area contributed by atoms with Gasteiger partial charge < -0.3 is 0 Å². The molecule has 5 nitrogen and oxygen atoms in total. The highest BCUT2D eigenvalue weighted by atomic mass is 19.1. The van der Waals surface area contributed by atoms with E-state index in [1.54, 1.807) is 12.4 Å². The molecule has 0 spiro atoms. The van der Waals surface area contributed by atoms with Crippen molar-refractivity contribution in [3.63, 3.8) is 0 Å². The first kappa shape index (κ1) is 13.7. The lowest BCUT2D eigenvalue weighted by molar-refractivity contribution is 0.637. The summed E-state index contributed by atoms with van der Waals surface area (Å²) in [6.45, 7) is 2.20. The number of hydrogen-bond acceptors (Lipinski definition) is 3. The second kappa shape index (κ2) is 4.87. The third kappa shape index (κ3) is 1.71. The molecule has 24 heavy (non-hydrogen) atoms. The Labute approximate surface area is 137 Å². The number of aromatic amines is 2. The molecule has 1 aromatic carbocycles. The summed E-state index contributed by atoms with van der Waals surface area (Å²) in [5.74, 6) is 0.140. The minimum atomic E-state index is -0.311. The second-order valence-electron chi connectivity index (χ2n) is 6.40. The van der Waals surface area contributed by atoms with Gasteiger partial charge in [-0.3, -0.25) is 10.2 Å². The standard InChI is InChI=1S/C18H16FN5/c1-2-9-3-4-11-15(9)17(10-6-20-21-7-10)23-18-13(19)5-14-12(16(11)18)8-22-24-14/h5-9H,2-4H2,1H3,(H,20,21)(H,22,24). The zero-order chi connectivity index (χ0) is 16.3. The maximum absolute atomic E-state index is 14.7. The summed E-state index contributed by atoms with van der Waals surface area (Å²) in [4.78, 5) is 4.74. The van der Waals surface area contributed by atoms with Crippen LogP contribution in [-0.2, 0) is 6.42 Å². The van der Waals surface area contributed by atoms with Crippen LogP contribution in [0, 0.1) is 5.82 Å². The molecule has 0 aliphatic heterocycles. The van der Waals surface area contributed by atoms with Crippen molar-refractivity contribution in [1.82, 2.24) is 25.4 Å². The summed E-state index contributed by atoms with van der Waals surface area (Å²) in [6, 6.07) is 1.48. The van der Waals surface area contributed by atoms with Crippen LogP contribution in [0.1, 0.15) is 36.8 Å². The molecule has 0 bridgehead atoms. The van der Waals surface area contributed by atoms with Crippen LogP contribution in [0.3, 0.4) is 0 Å². The largest absolute Gasteiger partial charge is 0.285 e. The molecule has 1 aliphatic carbocycles. The topological polar surface area (TPSA) is 70.2 Å². The first-order valence-corrected chi connectivity index (χ1v) is 8.25. The number of rotatable bonds is 2. The highest BCUT2D eigenvalue weighted by Crippen LogP contribution is 2.45. The Morgan fingerprint density at radius 2 is 2.21 bits per heavy atom. The van der Waals surface area contributed by atoms with Crippen molar-refractivity contribution >= 4 is 21.8 Å². The quantitative estimate of drug-likeness (QED) is 0.584. The minimum absolute atomic E-state index is 0.311. The molecule has 0 saturated heterocycles. The Morgan fingerprint density at radius 3 is 3.00 bits per heavy atom. The van der Waals surface area contributed by atoms with E-state index in [0.29, 0.717) is 11.4 Å². The van der Waals surface area contributed by atoms with Crippen molar-refractivity contribution in [3.05, 3.63) is 41.6 Å². The van der Waals surface area contributed by atoms with E-state index in [1.165, 1.54) is 17.2 Å². The third-order valence-electron chi connectivity index (χ3n) is 5.19. The maximum atomic E-state index is 14.7. The fourth-order valence-electron chi connectivity index (χ4n) is 4.08. The summed E-state index contributed by atoms with van der Waals surface area (Å²) < 4.78 is 14.7. The van der Waals surface area contributed by atoms with Crippen molar-refractivity contribution in [1.29, 1.82) is 0 Å². The van der Waals surface area contributed by atoms with E-state index in [1.807, 2.05) is 6.20 Å². The Hall–Kier alpha value is -2.76. The van der Waals surface area contributed by atoms with Crippen LogP contribution < -0.4 is 0 Å². The van der Waals surface area contributed by atoms with Gasteiger partial charge in [-0.25, -0.2) is 9.37 Å². The third-order valence-corrected chi connectivity index (χ3v) is 5.19. The van der Waals surface area contributed by atoms with Gasteiger partial charge in [0.1, 0.15) is 5.52 Å². The number of pyridine rings is 1. The highest BCUT2D eigenvalue weighted by Gasteiger charge is 2.30. The summed E-state index contributed by atoms with van der Waals surface area (Å²) in [5.41, 5.74) is 5.39.